The summed E-state index contributed by atoms with van der Waals surface area (Å²) in [6, 6.07) is 1.37. The Balaban J connectivity index is 1.72. The SMILES string of the molecule is Cc1cn(C2CCC2)c(NC2CCCCC2)n1. The normalized spacial score (nSPS) is 22.4. The molecule has 3 heteroatoms. The summed E-state index contributed by atoms with van der Waals surface area (Å²) in [6.45, 7) is 2.10. The minimum atomic E-state index is 0.657. The average Bonchev–Trinajstić information content (AvgIpc) is 2.59. The molecule has 1 aromatic heterocycles. The zero-order valence-electron chi connectivity index (χ0n) is 10.8. The number of hydrogen-bond donors (Lipinski definition) is 1. The zero-order valence-corrected chi connectivity index (χ0v) is 10.8. The van der Waals surface area contributed by atoms with Crippen molar-refractivity contribution in [1.82, 2.24) is 9.55 Å². The Morgan fingerprint density at radius 1 is 1.12 bits per heavy atom. The molecule has 0 aliphatic heterocycles. The van der Waals surface area contributed by atoms with Crippen LogP contribution in [0, 0.1) is 6.92 Å². The van der Waals surface area contributed by atoms with Crippen molar-refractivity contribution >= 4 is 5.95 Å². The molecule has 0 unspecified atom stereocenters. The molecule has 2 aliphatic carbocycles. The first-order valence-electron chi connectivity index (χ1n) is 7.15. The molecule has 1 aromatic rings. The van der Waals surface area contributed by atoms with E-state index in [-0.39, 0.29) is 0 Å². The minimum absolute atomic E-state index is 0.657. The number of imidazole rings is 1. The minimum Gasteiger partial charge on any atom is -0.353 e. The van der Waals surface area contributed by atoms with Gasteiger partial charge in [0.1, 0.15) is 0 Å². The number of rotatable bonds is 3. The summed E-state index contributed by atoms with van der Waals surface area (Å²) in [6.07, 6.45) is 13.0. The molecule has 3 rings (SSSR count). The number of nitrogens with one attached hydrogen (secondary N) is 1. The van der Waals surface area contributed by atoms with Crippen LogP contribution >= 0.6 is 0 Å². The van der Waals surface area contributed by atoms with E-state index in [1.165, 1.54) is 51.4 Å². The molecule has 94 valence electrons. The van der Waals surface area contributed by atoms with Crippen LogP contribution < -0.4 is 5.32 Å². The predicted molar refractivity (Wildman–Crippen MR) is 70.3 cm³/mol. The highest BCUT2D eigenvalue weighted by Gasteiger charge is 2.23. The third kappa shape index (κ3) is 2.33. The van der Waals surface area contributed by atoms with E-state index in [0.717, 1.165) is 11.6 Å². The molecule has 0 amide bonds. The van der Waals surface area contributed by atoms with E-state index in [2.05, 4.69) is 28.0 Å². The topological polar surface area (TPSA) is 29.9 Å². The summed E-state index contributed by atoms with van der Waals surface area (Å²) in [7, 11) is 0. The van der Waals surface area contributed by atoms with Gasteiger partial charge in [0.25, 0.3) is 0 Å². The molecular formula is C14H23N3. The van der Waals surface area contributed by atoms with Gasteiger partial charge in [0.2, 0.25) is 5.95 Å². The van der Waals surface area contributed by atoms with Gasteiger partial charge < -0.3 is 9.88 Å². The molecule has 3 nitrogen and oxygen atoms in total. The van der Waals surface area contributed by atoms with E-state index in [1.54, 1.807) is 0 Å². The maximum atomic E-state index is 4.66. The molecule has 0 bridgehead atoms. The van der Waals surface area contributed by atoms with Gasteiger partial charge in [-0.25, -0.2) is 4.98 Å². The Kier molecular flexibility index (Phi) is 3.08. The van der Waals surface area contributed by atoms with Crippen LogP contribution in [-0.2, 0) is 0 Å². The largest absolute Gasteiger partial charge is 0.353 e. The lowest BCUT2D eigenvalue weighted by Gasteiger charge is -2.30. The maximum Gasteiger partial charge on any atom is 0.203 e. The van der Waals surface area contributed by atoms with Crippen molar-refractivity contribution in [3.8, 4) is 0 Å². The predicted octanol–water partition coefficient (Wildman–Crippen LogP) is 3.66. The highest BCUT2D eigenvalue weighted by atomic mass is 15.2. The zero-order chi connectivity index (χ0) is 11.7. The summed E-state index contributed by atoms with van der Waals surface area (Å²) in [5.41, 5.74) is 1.15. The number of nitrogens with zero attached hydrogens (tertiary/aromatic N) is 2. The van der Waals surface area contributed by atoms with E-state index >= 15 is 0 Å². The van der Waals surface area contributed by atoms with Crippen LogP contribution in [-0.4, -0.2) is 15.6 Å². The van der Waals surface area contributed by atoms with Crippen LogP contribution in [0.5, 0.6) is 0 Å². The highest BCUT2D eigenvalue weighted by Crippen LogP contribution is 2.34. The van der Waals surface area contributed by atoms with Crippen LogP contribution in [0.25, 0.3) is 0 Å². The molecule has 1 N–H and O–H groups in total. The van der Waals surface area contributed by atoms with Gasteiger partial charge in [0.05, 0.1) is 5.69 Å². The maximum absolute atomic E-state index is 4.66. The third-order valence-electron chi connectivity index (χ3n) is 4.26. The molecule has 2 fully saturated rings. The lowest BCUT2D eigenvalue weighted by Crippen LogP contribution is -2.26. The van der Waals surface area contributed by atoms with E-state index in [0.29, 0.717) is 12.1 Å². The van der Waals surface area contributed by atoms with Crippen LogP contribution in [0.15, 0.2) is 6.20 Å². The monoisotopic (exact) mass is 233 g/mol. The Morgan fingerprint density at radius 3 is 2.53 bits per heavy atom. The van der Waals surface area contributed by atoms with E-state index in [1.807, 2.05) is 0 Å². The lowest BCUT2D eigenvalue weighted by atomic mass is 9.93. The van der Waals surface area contributed by atoms with Gasteiger partial charge in [-0.3, -0.25) is 0 Å². The van der Waals surface area contributed by atoms with Crippen LogP contribution in [0.3, 0.4) is 0 Å². The molecule has 0 spiro atoms. The Bertz CT molecular complexity index is 373. The summed E-state index contributed by atoms with van der Waals surface area (Å²) in [4.78, 5) is 4.66. The van der Waals surface area contributed by atoms with Crippen molar-refractivity contribution in [1.29, 1.82) is 0 Å². The van der Waals surface area contributed by atoms with E-state index in [9.17, 15) is 0 Å². The fourth-order valence-corrected chi connectivity index (χ4v) is 3.00. The Morgan fingerprint density at radius 2 is 1.88 bits per heavy atom. The third-order valence-corrected chi connectivity index (χ3v) is 4.26. The summed E-state index contributed by atoms with van der Waals surface area (Å²) in [5.74, 6) is 1.12. The molecule has 0 radical (unpaired) electrons. The van der Waals surface area contributed by atoms with Crippen LogP contribution in [0.4, 0.5) is 5.95 Å². The van der Waals surface area contributed by atoms with Crippen LogP contribution in [0.1, 0.15) is 63.1 Å². The van der Waals surface area contributed by atoms with Crippen molar-refractivity contribution < 1.29 is 0 Å². The second-order valence-electron chi connectivity index (χ2n) is 5.68. The van der Waals surface area contributed by atoms with Gasteiger partial charge in [-0.1, -0.05) is 19.3 Å². The molecule has 1 heterocycles. The molecule has 2 saturated carbocycles. The van der Waals surface area contributed by atoms with Gasteiger partial charge in [0, 0.05) is 18.3 Å². The quantitative estimate of drug-likeness (QED) is 0.863. The number of aryl methyl sites for hydroxylation is 1. The van der Waals surface area contributed by atoms with Crippen LogP contribution in [0.2, 0.25) is 0 Å². The average molecular weight is 233 g/mol. The molecule has 2 aliphatic rings. The van der Waals surface area contributed by atoms with Gasteiger partial charge >= 0.3 is 0 Å². The van der Waals surface area contributed by atoms with E-state index in [4.69, 9.17) is 0 Å². The number of aromatic nitrogens is 2. The second kappa shape index (κ2) is 4.71. The van der Waals surface area contributed by atoms with Gasteiger partial charge in [-0.15, -0.1) is 0 Å². The van der Waals surface area contributed by atoms with Crippen molar-refractivity contribution in [3.63, 3.8) is 0 Å². The highest BCUT2D eigenvalue weighted by molar-refractivity contribution is 5.31. The lowest BCUT2D eigenvalue weighted by molar-refractivity contribution is 0.315. The van der Waals surface area contributed by atoms with Crippen molar-refractivity contribution in [2.45, 2.75) is 70.4 Å². The number of hydrogen-bond acceptors (Lipinski definition) is 2. The molecule has 0 aromatic carbocycles. The Hall–Kier alpha value is -0.990. The molecular weight excluding hydrogens is 210 g/mol. The Labute approximate surface area is 104 Å². The fraction of sp³-hybridized carbons (Fsp3) is 0.786. The van der Waals surface area contributed by atoms with Crippen molar-refractivity contribution in [2.75, 3.05) is 5.32 Å². The first-order valence-corrected chi connectivity index (χ1v) is 7.15. The smallest absolute Gasteiger partial charge is 0.203 e. The fourth-order valence-electron chi connectivity index (χ4n) is 3.00. The first kappa shape index (κ1) is 11.1. The summed E-state index contributed by atoms with van der Waals surface area (Å²) < 4.78 is 2.38. The molecule has 17 heavy (non-hydrogen) atoms. The second-order valence-corrected chi connectivity index (χ2v) is 5.68. The van der Waals surface area contributed by atoms with E-state index < -0.39 is 0 Å². The molecule has 0 saturated heterocycles. The standard InChI is InChI=1S/C14H23N3/c1-11-10-17(13-8-5-9-13)14(15-11)16-12-6-3-2-4-7-12/h10,12-13H,2-9H2,1H3,(H,15,16). The first-order chi connectivity index (χ1) is 8.33. The van der Waals surface area contributed by atoms with Gasteiger partial charge in [0.15, 0.2) is 0 Å². The van der Waals surface area contributed by atoms with Gasteiger partial charge in [-0.05, 0) is 39.0 Å². The summed E-state index contributed by atoms with van der Waals surface area (Å²) >= 11 is 0. The van der Waals surface area contributed by atoms with Gasteiger partial charge in [-0.2, -0.15) is 0 Å². The summed E-state index contributed by atoms with van der Waals surface area (Å²) in [5, 5.41) is 3.67. The molecule has 0 atom stereocenters. The van der Waals surface area contributed by atoms with Crippen molar-refractivity contribution in [2.24, 2.45) is 0 Å². The van der Waals surface area contributed by atoms with Crippen molar-refractivity contribution in [3.05, 3.63) is 11.9 Å². The number of anilines is 1.